The van der Waals surface area contributed by atoms with Crippen LogP contribution in [-0.4, -0.2) is 38.0 Å². The highest BCUT2D eigenvalue weighted by molar-refractivity contribution is 5.75. The van der Waals surface area contributed by atoms with Crippen molar-refractivity contribution < 1.29 is 4.74 Å². The molecular weight excluding hydrogens is 356 g/mol. The Morgan fingerprint density at radius 1 is 1.18 bits per heavy atom. The van der Waals surface area contributed by atoms with Gasteiger partial charge in [-0.15, -0.1) is 0 Å². The van der Waals surface area contributed by atoms with Crippen molar-refractivity contribution in [3.8, 4) is 5.69 Å². The number of pyridine rings is 1. The van der Waals surface area contributed by atoms with E-state index in [2.05, 4.69) is 20.4 Å². The number of rotatable bonds is 6. The van der Waals surface area contributed by atoms with Crippen LogP contribution in [0.2, 0.25) is 0 Å². The van der Waals surface area contributed by atoms with E-state index < -0.39 is 0 Å². The smallest absolute Gasteiger partial charge is 0.252 e. The molecule has 0 amide bonds. The van der Waals surface area contributed by atoms with Gasteiger partial charge in [-0.3, -0.25) is 9.36 Å². The van der Waals surface area contributed by atoms with Crippen LogP contribution >= 0.6 is 0 Å². The van der Waals surface area contributed by atoms with Gasteiger partial charge in [0.15, 0.2) is 0 Å². The fourth-order valence-corrected chi connectivity index (χ4v) is 3.09. The first-order valence-electron chi connectivity index (χ1n) is 8.90. The fourth-order valence-electron chi connectivity index (χ4n) is 3.09. The van der Waals surface area contributed by atoms with Crippen molar-refractivity contribution in [1.29, 1.82) is 0 Å². The molecular formula is C20H20N6O2. The first kappa shape index (κ1) is 17.9. The Morgan fingerprint density at radius 2 is 2.00 bits per heavy atom. The van der Waals surface area contributed by atoms with Gasteiger partial charge in [-0.1, -0.05) is 0 Å². The van der Waals surface area contributed by atoms with Crippen molar-refractivity contribution in [3.63, 3.8) is 0 Å². The van der Waals surface area contributed by atoms with Crippen LogP contribution in [-0.2, 0) is 4.74 Å². The number of methoxy groups -OCH3 is 1. The van der Waals surface area contributed by atoms with Crippen molar-refractivity contribution in [2.24, 2.45) is 0 Å². The topological polar surface area (TPSA) is 86.9 Å². The molecule has 0 radical (unpaired) electrons. The lowest BCUT2D eigenvalue weighted by atomic mass is 10.2. The van der Waals surface area contributed by atoms with Crippen LogP contribution in [0.25, 0.3) is 16.7 Å². The van der Waals surface area contributed by atoms with Crippen molar-refractivity contribution in [2.75, 3.05) is 19.0 Å². The van der Waals surface area contributed by atoms with Crippen molar-refractivity contribution in [3.05, 3.63) is 71.4 Å². The molecule has 1 unspecified atom stereocenters. The molecule has 3 aromatic heterocycles. The third-order valence-electron chi connectivity index (χ3n) is 4.41. The fraction of sp³-hybridized carbons (Fsp3) is 0.200. The van der Waals surface area contributed by atoms with Crippen molar-refractivity contribution >= 4 is 22.7 Å². The van der Waals surface area contributed by atoms with Crippen molar-refractivity contribution in [1.82, 2.24) is 24.3 Å². The minimum absolute atomic E-state index is 0.120. The van der Waals surface area contributed by atoms with Gasteiger partial charge in [0.2, 0.25) is 5.95 Å². The molecule has 0 spiro atoms. The summed E-state index contributed by atoms with van der Waals surface area (Å²) >= 11 is 0. The van der Waals surface area contributed by atoms with Crippen molar-refractivity contribution in [2.45, 2.75) is 13.0 Å². The monoisotopic (exact) mass is 376 g/mol. The number of fused-ring (bicyclic) bond motifs is 1. The quantitative estimate of drug-likeness (QED) is 0.557. The first-order valence-corrected chi connectivity index (χ1v) is 8.90. The zero-order valence-corrected chi connectivity index (χ0v) is 15.6. The van der Waals surface area contributed by atoms with Gasteiger partial charge in [-0.05, 0) is 43.3 Å². The molecule has 3 heterocycles. The summed E-state index contributed by atoms with van der Waals surface area (Å²) in [5.41, 5.74) is 2.25. The summed E-state index contributed by atoms with van der Waals surface area (Å²) in [6, 6.07) is 12.7. The van der Waals surface area contributed by atoms with Gasteiger partial charge >= 0.3 is 0 Å². The van der Waals surface area contributed by atoms with E-state index in [-0.39, 0.29) is 11.6 Å². The van der Waals surface area contributed by atoms with Gasteiger partial charge in [-0.25, -0.2) is 9.67 Å². The molecule has 4 aromatic rings. The highest BCUT2D eigenvalue weighted by atomic mass is 16.5. The Morgan fingerprint density at radius 3 is 2.71 bits per heavy atom. The van der Waals surface area contributed by atoms with E-state index in [0.717, 1.165) is 16.8 Å². The molecule has 8 nitrogen and oxygen atoms in total. The van der Waals surface area contributed by atoms with Gasteiger partial charge in [0, 0.05) is 42.8 Å². The number of nitrogens with zero attached hydrogens (tertiary/aromatic N) is 5. The summed E-state index contributed by atoms with van der Waals surface area (Å²) in [5.74, 6) is 0.420. The van der Waals surface area contributed by atoms with E-state index >= 15 is 0 Å². The van der Waals surface area contributed by atoms with E-state index in [9.17, 15) is 4.79 Å². The molecule has 4 rings (SSSR count). The molecule has 142 valence electrons. The molecule has 0 aliphatic heterocycles. The summed E-state index contributed by atoms with van der Waals surface area (Å²) in [6.07, 6.45) is 5.33. The molecule has 0 bridgehead atoms. The highest BCUT2D eigenvalue weighted by Gasteiger charge is 2.13. The molecule has 1 N–H and O–H groups in total. The minimum Gasteiger partial charge on any atom is -0.383 e. The molecule has 1 atom stereocenters. The standard InChI is InChI=1S/C20H20N6O2/c1-14(13-28-2)26-18(27)9-4-15-12-21-20(24-19(15)26)23-16-5-7-17(8-6-16)25-11-3-10-22-25/h3-12,14H,13H2,1-2H3,(H,21,23,24). The van der Waals surface area contributed by atoms with Gasteiger partial charge in [-0.2, -0.15) is 10.1 Å². The number of hydrogen-bond donors (Lipinski definition) is 1. The third-order valence-corrected chi connectivity index (χ3v) is 4.41. The van der Waals surface area contributed by atoms with E-state index in [1.165, 1.54) is 6.07 Å². The van der Waals surface area contributed by atoms with Crippen LogP contribution in [0.3, 0.4) is 0 Å². The SMILES string of the molecule is COCC(C)n1c(=O)ccc2cnc(Nc3ccc(-n4cccn4)cc3)nc21. The molecule has 0 aliphatic carbocycles. The molecule has 8 heteroatoms. The summed E-state index contributed by atoms with van der Waals surface area (Å²) in [4.78, 5) is 21.3. The Bertz CT molecular complexity index is 1140. The third kappa shape index (κ3) is 3.49. The van der Waals surface area contributed by atoms with Crippen LogP contribution in [0.15, 0.2) is 65.8 Å². The summed E-state index contributed by atoms with van der Waals surface area (Å²) in [5, 5.41) is 8.19. The number of nitrogens with one attached hydrogen (secondary N) is 1. The first-order chi connectivity index (χ1) is 13.7. The average molecular weight is 376 g/mol. The maximum absolute atomic E-state index is 12.4. The lowest BCUT2D eigenvalue weighted by molar-refractivity contribution is 0.162. The number of hydrogen-bond acceptors (Lipinski definition) is 6. The highest BCUT2D eigenvalue weighted by Crippen LogP contribution is 2.19. The van der Waals surface area contributed by atoms with Crippen LogP contribution < -0.4 is 10.9 Å². The Balaban J connectivity index is 1.66. The number of anilines is 2. The second kappa shape index (κ2) is 7.61. The van der Waals surface area contributed by atoms with E-state index in [1.54, 1.807) is 34.8 Å². The molecule has 0 aliphatic rings. The van der Waals surface area contributed by atoms with Gasteiger partial charge in [0.05, 0.1) is 18.3 Å². The van der Waals surface area contributed by atoms with E-state index in [1.807, 2.05) is 43.5 Å². The Hall–Kier alpha value is -3.52. The normalized spacial score (nSPS) is 12.2. The van der Waals surface area contributed by atoms with E-state index in [0.29, 0.717) is 18.2 Å². The molecule has 0 saturated heterocycles. The van der Waals surface area contributed by atoms with Gasteiger partial charge in [0.1, 0.15) is 5.65 Å². The predicted molar refractivity (Wildman–Crippen MR) is 107 cm³/mol. The largest absolute Gasteiger partial charge is 0.383 e. The summed E-state index contributed by atoms with van der Waals surface area (Å²) in [7, 11) is 1.61. The lowest BCUT2D eigenvalue weighted by Gasteiger charge is -2.16. The Labute approximate surface area is 161 Å². The molecule has 1 aromatic carbocycles. The van der Waals surface area contributed by atoms with Crippen LogP contribution in [0, 0.1) is 0 Å². The van der Waals surface area contributed by atoms with Gasteiger partial charge in [0.25, 0.3) is 5.56 Å². The lowest BCUT2D eigenvalue weighted by Crippen LogP contribution is -2.26. The average Bonchev–Trinajstić information content (AvgIpc) is 3.23. The van der Waals surface area contributed by atoms with Crippen LogP contribution in [0.1, 0.15) is 13.0 Å². The predicted octanol–water partition coefficient (Wildman–Crippen LogP) is 2.93. The second-order valence-corrected chi connectivity index (χ2v) is 6.44. The minimum atomic E-state index is -0.141. The molecule has 0 fully saturated rings. The number of ether oxygens (including phenoxy) is 1. The number of aromatic nitrogens is 5. The summed E-state index contributed by atoms with van der Waals surface area (Å²) < 4.78 is 8.62. The zero-order valence-electron chi connectivity index (χ0n) is 15.6. The number of benzene rings is 1. The molecule has 0 saturated carbocycles. The molecule has 28 heavy (non-hydrogen) atoms. The van der Waals surface area contributed by atoms with Crippen LogP contribution in [0.4, 0.5) is 11.6 Å². The second-order valence-electron chi connectivity index (χ2n) is 6.44. The maximum Gasteiger partial charge on any atom is 0.252 e. The van der Waals surface area contributed by atoms with Gasteiger partial charge < -0.3 is 10.1 Å². The maximum atomic E-state index is 12.4. The zero-order chi connectivity index (χ0) is 19.5. The summed E-state index contributed by atoms with van der Waals surface area (Å²) in [6.45, 7) is 2.34. The van der Waals surface area contributed by atoms with Crippen LogP contribution in [0.5, 0.6) is 0 Å². The Kier molecular flexibility index (Phi) is 4.86. The van der Waals surface area contributed by atoms with E-state index in [4.69, 9.17) is 4.74 Å².